The molecule has 0 rings (SSSR count). The van der Waals surface area contributed by atoms with Crippen molar-refractivity contribution >= 4 is 23.2 Å². The molecule has 0 aromatic carbocycles. The van der Waals surface area contributed by atoms with E-state index in [1.54, 1.807) is 12.2 Å². The third-order valence-electron chi connectivity index (χ3n) is 0.688. The summed E-state index contributed by atoms with van der Waals surface area (Å²) in [7, 11) is 0. The maximum Gasteiger partial charge on any atom is 0.0178 e. The molecule has 0 aromatic heterocycles. The molecule has 2 heteroatoms. The Kier molecular flexibility index (Phi) is 5.24. The standard InChI is InChI=1S/C6H8Cl2/c1-2-6(8)4-3-5-7/h3-5H,2H2,1H3. The highest BCUT2D eigenvalue weighted by Gasteiger charge is 1.79. The van der Waals surface area contributed by atoms with Crippen LogP contribution in [0.25, 0.3) is 0 Å². The van der Waals surface area contributed by atoms with Gasteiger partial charge < -0.3 is 0 Å². The van der Waals surface area contributed by atoms with E-state index in [0.29, 0.717) is 0 Å². The second kappa shape index (κ2) is 5.20. The molecule has 0 aliphatic heterocycles. The summed E-state index contributed by atoms with van der Waals surface area (Å²) in [6.45, 7) is 1.99. The first-order valence-electron chi connectivity index (χ1n) is 2.42. The van der Waals surface area contributed by atoms with Crippen molar-refractivity contribution in [3.05, 3.63) is 22.7 Å². The van der Waals surface area contributed by atoms with Crippen molar-refractivity contribution in [3.63, 3.8) is 0 Å². The van der Waals surface area contributed by atoms with Crippen molar-refractivity contribution in [2.24, 2.45) is 0 Å². The van der Waals surface area contributed by atoms with E-state index in [9.17, 15) is 0 Å². The minimum Gasteiger partial charge on any atom is -0.0930 e. The molecule has 8 heavy (non-hydrogen) atoms. The van der Waals surface area contributed by atoms with E-state index in [-0.39, 0.29) is 0 Å². The van der Waals surface area contributed by atoms with Gasteiger partial charge >= 0.3 is 0 Å². The molecule has 0 unspecified atom stereocenters. The molecule has 0 nitrogen and oxygen atoms in total. The monoisotopic (exact) mass is 150 g/mol. The Labute approximate surface area is 59.8 Å². The Morgan fingerprint density at radius 3 is 2.62 bits per heavy atom. The third-order valence-corrected chi connectivity index (χ3v) is 1.23. The van der Waals surface area contributed by atoms with Gasteiger partial charge in [0.05, 0.1) is 0 Å². The molecule has 0 fully saturated rings. The van der Waals surface area contributed by atoms with Gasteiger partial charge in [-0.2, -0.15) is 0 Å². The van der Waals surface area contributed by atoms with Crippen LogP contribution in [0.3, 0.4) is 0 Å². The van der Waals surface area contributed by atoms with Crippen LogP contribution in [-0.2, 0) is 0 Å². The van der Waals surface area contributed by atoms with Gasteiger partial charge in [0.1, 0.15) is 0 Å². The van der Waals surface area contributed by atoms with Crippen molar-refractivity contribution in [1.82, 2.24) is 0 Å². The first-order valence-corrected chi connectivity index (χ1v) is 3.24. The fourth-order valence-electron chi connectivity index (χ4n) is 0.259. The van der Waals surface area contributed by atoms with E-state index >= 15 is 0 Å². The molecule has 0 heterocycles. The average molecular weight is 151 g/mol. The molecule has 0 aliphatic rings. The van der Waals surface area contributed by atoms with Crippen LogP contribution in [0.2, 0.25) is 0 Å². The number of halogens is 2. The second-order valence-electron chi connectivity index (χ2n) is 1.29. The summed E-state index contributed by atoms with van der Waals surface area (Å²) in [6, 6.07) is 0. The smallest absolute Gasteiger partial charge is 0.0178 e. The van der Waals surface area contributed by atoms with Crippen LogP contribution in [0, 0.1) is 0 Å². The maximum atomic E-state index is 5.60. The van der Waals surface area contributed by atoms with E-state index in [0.717, 1.165) is 11.5 Å². The van der Waals surface area contributed by atoms with Crippen molar-refractivity contribution < 1.29 is 0 Å². The fraction of sp³-hybridized carbons (Fsp3) is 0.333. The molecule has 0 bridgehead atoms. The lowest BCUT2D eigenvalue weighted by molar-refractivity contribution is 1.19. The van der Waals surface area contributed by atoms with Gasteiger partial charge in [-0.05, 0) is 18.6 Å². The lowest BCUT2D eigenvalue weighted by Crippen LogP contribution is -1.61. The van der Waals surface area contributed by atoms with Gasteiger partial charge in [0.15, 0.2) is 0 Å². The first-order chi connectivity index (χ1) is 3.81. The number of hydrogen-bond donors (Lipinski definition) is 0. The van der Waals surface area contributed by atoms with Crippen molar-refractivity contribution in [2.75, 3.05) is 0 Å². The zero-order valence-electron chi connectivity index (χ0n) is 4.70. The van der Waals surface area contributed by atoms with Gasteiger partial charge in [0.25, 0.3) is 0 Å². The van der Waals surface area contributed by atoms with E-state index < -0.39 is 0 Å². The van der Waals surface area contributed by atoms with E-state index in [4.69, 9.17) is 23.2 Å². The zero-order chi connectivity index (χ0) is 6.41. The quantitative estimate of drug-likeness (QED) is 0.531. The first kappa shape index (κ1) is 8.06. The Bertz CT molecular complexity index is 103. The number of hydrogen-bond acceptors (Lipinski definition) is 0. The molecule has 0 N–H and O–H groups in total. The molecule has 0 atom stereocenters. The summed E-state index contributed by atoms with van der Waals surface area (Å²) in [5.41, 5.74) is 1.43. The average Bonchev–Trinajstić information content (AvgIpc) is 1.83. The minimum absolute atomic E-state index is 0.821. The van der Waals surface area contributed by atoms with Crippen LogP contribution >= 0.6 is 23.2 Å². The third kappa shape index (κ3) is 4.23. The lowest BCUT2D eigenvalue weighted by Gasteiger charge is -1.83. The summed E-state index contributed by atoms with van der Waals surface area (Å²) in [6.07, 6.45) is 4.34. The molecule has 0 saturated heterocycles. The fourth-order valence-corrected chi connectivity index (χ4v) is 0.404. The van der Waals surface area contributed by atoms with Gasteiger partial charge in [0.2, 0.25) is 0 Å². The number of rotatable bonds is 2. The van der Waals surface area contributed by atoms with E-state index in [1.165, 1.54) is 5.54 Å². The predicted octanol–water partition coefficient (Wildman–Crippen LogP) is 3.27. The van der Waals surface area contributed by atoms with Gasteiger partial charge in [-0.25, -0.2) is 0 Å². The lowest BCUT2D eigenvalue weighted by atomic mass is 10.4. The summed E-state index contributed by atoms with van der Waals surface area (Å²) in [5.74, 6) is 0. The highest BCUT2D eigenvalue weighted by molar-refractivity contribution is 6.29. The summed E-state index contributed by atoms with van der Waals surface area (Å²) >= 11 is 10.8. The number of allylic oxidation sites excluding steroid dienone is 3. The van der Waals surface area contributed by atoms with Gasteiger partial charge in [-0.1, -0.05) is 30.1 Å². The van der Waals surface area contributed by atoms with Crippen LogP contribution in [-0.4, -0.2) is 0 Å². The normalized spacial score (nSPS) is 13.1. The van der Waals surface area contributed by atoms with Crippen LogP contribution in [0.5, 0.6) is 0 Å². The molecular weight excluding hydrogens is 143 g/mol. The Morgan fingerprint density at radius 1 is 1.62 bits per heavy atom. The molecule has 0 amide bonds. The van der Waals surface area contributed by atoms with Crippen LogP contribution in [0.4, 0.5) is 0 Å². The molecule has 0 aromatic rings. The van der Waals surface area contributed by atoms with Gasteiger partial charge in [-0.15, -0.1) is 0 Å². The summed E-state index contributed by atoms with van der Waals surface area (Å²) in [5, 5.41) is 0.821. The second-order valence-corrected chi connectivity index (χ2v) is 2.02. The highest BCUT2D eigenvalue weighted by Crippen LogP contribution is 2.05. The van der Waals surface area contributed by atoms with E-state index in [2.05, 4.69) is 0 Å². The Balaban J connectivity index is 3.57. The molecule has 0 saturated carbocycles. The van der Waals surface area contributed by atoms with Crippen molar-refractivity contribution in [2.45, 2.75) is 13.3 Å². The van der Waals surface area contributed by atoms with E-state index in [1.807, 2.05) is 6.92 Å². The Morgan fingerprint density at radius 2 is 2.25 bits per heavy atom. The minimum atomic E-state index is 0.821. The summed E-state index contributed by atoms with van der Waals surface area (Å²) in [4.78, 5) is 0. The van der Waals surface area contributed by atoms with Crippen LogP contribution in [0.15, 0.2) is 22.7 Å². The van der Waals surface area contributed by atoms with Gasteiger partial charge in [0, 0.05) is 10.6 Å². The maximum absolute atomic E-state index is 5.60. The van der Waals surface area contributed by atoms with Crippen LogP contribution in [0.1, 0.15) is 13.3 Å². The van der Waals surface area contributed by atoms with Crippen LogP contribution < -0.4 is 0 Å². The molecule has 46 valence electrons. The van der Waals surface area contributed by atoms with Gasteiger partial charge in [-0.3, -0.25) is 0 Å². The largest absolute Gasteiger partial charge is 0.0930 e. The summed E-state index contributed by atoms with van der Waals surface area (Å²) < 4.78 is 0. The highest BCUT2D eigenvalue weighted by atomic mass is 35.5. The molecule has 0 aliphatic carbocycles. The SMILES string of the molecule is CCC(Cl)=CC=CCl. The van der Waals surface area contributed by atoms with Crippen molar-refractivity contribution in [3.8, 4) is 0 Å². The molecule has 0 spiro atoms. The van der Waals surface area contributed by atoms with Crippen molar-refractivity contribution in [1.29, 1.82) is 0 Å². The molecule has 0 radical (unpaired) electrons. The predicted molar refractivity (Wildman–Crippen MR) is 39.2 cm³/mol. The zero-order valence-corrected chi connectivity index (χ0v) is 6.21. The topological polar surface area (TPSA) is 0 Å². The molecular formula is C6H8Cl2. The Hall–Kier alpha value is 0.0600.